The van der Waals surface area contributed by atoms with Gasteiger partial charge in [-0.25, -0.2) is 0 Å². The lowest BCUT2D eigenvalue weighted by Crippen LogP contribution is -2.11. The largest absolute Gasteiger partial charge is 0.398 e. The van der Waals surface area contributed by atoms with E-state index in [1.165, 1.54) is 0 Å². The van der Waals surface area contributed by atoms with Crippen LogP contribution >= 0.6 is 0 Å². The third-order valence-electron chi connectivity index (χ3n) is 3.29. The second-order valence-corrected chi connectivity index (χ2v) is 4.67. The van der Waals surface area contributed by atoms with Crippen LogP contribution in [-0.2, 0) is 16.1 Å². The highest BCUT2D eigenvalue weighted by Crippen LogP contribution is 2.19. The molecular weight excluding hydrogens is 216 g/mol. The van der Waals surface area contributed by atoms with Gasteiger partial charge in [0.1, 0.15) is 0 Å². The van der Waals surface area contributed by atoms with Gasteiger partial charge < -0.3 is 15.2 Å². The number of rotatable bonds is 4. The van der Waals surface area contributed by atoms with Gasteiger partial charge in [0.15, 0.2) is 0 Å². The molecule has 1 aromatic heterocycles. The number of nitrogens with two attached hydrogens (primary N) is 1. The van der Waals surface area contributed by atoms with Crippen molar-refractivity contribution >= 4 is 5.69 Å². The zero-order valence-corrected chi connectivity index (χ0v) is 10.5. The summed E-state index contributed by atoms with van der Waals surface area (Å²) in [6.45, 7) is 6.93. The van der Waals surface area contributed by atoms with Gasteiger partial charge in [0.2, 0.25) is 0 Å². The predicted molar refractivity (Wildman–Crippen MR) is 66.7 cm³/mol. The molecule has 2 heterocycles. The Kier molecular flexibility index (Phi) is 3.97. The number of pyridine rings is 1. The average Bonchev–Trinajstić information content (AvgIpc) is 2.82. The van der Waals surface area contributed by atoms with E-state index in [9.17, 15) is 0 Å². The molecule has 0 radical (unpaired) electrons. The van der Waals surface area contributed by atoms with E-state index in [-0.39, 0.29) is 0 Å². The average molecular weight is 236 g/mol. The maximum atomic E-state index is 5.96. The molecule has 0 spiro atoms. The number of anilines is 1. The summed E-state index contributed by atoms with van der Waals surface area (Å²) in [4.78, 5) is 4.37. The number of nitrogens with zero attached hydrogens (tertiary/aromatic N) is 1. The molecule has 0 saturated carbocycles. The van der Waals surface area contributed by atoms with Crippen molar-refractivity contribution in [1.82, 2.24) is 4.98 Å². The lowest BCUT2D eigenvalue weighted by atomic mass is 10.1. The molecule has 2 N–H and O–H groups in total. The van der Waals surface area contributed by atoms with Crippen LogP contribution < -0.4 is 5.73 Å². The van der Waals surface area contributed by atoms with Gasteiger partial charge in [0, 0.05) is 24.4 Å². The Hall–Kier alpha value is -1.13. The lowest BCUT2D eigenvalue weighted by Gasteiger charge is -2.12. The molecule has 0 amide bonds. The number of hydrogen-bond acceptors (Lipinski definition) is 4. The summed E-state index contributed by atoms with van der Waals surface area (Å²) in [7, 11) is 0. The number of ether oxygens (including phenoxy) is 2. The topological polar surface area (TPSA) is 57.4 Å². The predicted octanol–water partition coefficient (Wildman–Crippen LogP) is 1.83. The first kappa shape index (κ1) is 12.3. The maximum absolute atomic E-state index is 5.96. The third-order valence-corrected chi connectivity index (χ3v) is 3.29. The second kappa shape index (κ2) is 5.47. The van der Waals surface area contributed by atoms with Crippen molar-refractivity contribution in [2.45, 2.75) is 26.9 Å². The smallest absolute Gasteiger partial charge is 0.0891 e. The summed E-state index contributed by atoms with van der Waals surface area (Å²) < 4.78 is 11.0. The molecular formula is C13H20N2O2. The number of aryl methyl sites for hydroxylation is 1. The highest BCUT2D eigenvalue weighted by atomic mass is 16.5. The Bertz CT molecular complexity index is 387. The standard InChI is InChI=1S/C13H20N2O2/c1-9-5-15-12(10(2)13(9)14)8-17-7-11-3-4-16-6-11/h5,11H,3-4,6-8H2,1-2H3,(H2,14,15). The summed E-state index contributed by atoms with van der Waals surface area (Å²) in [5.74, 6) is 0.540. The van der Waals surface area contributed by atoms with E-state index in [0.29, 0.717) is 12.5 Å². The molecule has 0 bridgehead atoms. The SMILES string of the molecule is Cc1cnc(COCC2CCOC2)c(C)c1N. The van der Waals surface area contributed by atoms with Crippen molar-refractivity contribution in [2.24, 2.45) is 5.92 Å². The van der Waals surface area contributed by atoms with E-state index in [2.05, 4.69) is 4.98 Å². The van der Waals surface area contributed by atoms with Gasteiger partial charge in [-0.2, -0.15) is 0 Å². The van der Waals surface area contributed by atoms with Crippen LogP contribution in [0.1, 0.15) is 23.2 Å². The molecule has 4 heteroatoms. The second-order valence-electron chi connectivity index (χ2n) is 4.67. The molecule has 1 atom stereocenters. The molecule has 1 unspecified atom stereocenters. The summed E-state index contributed by atoms with van der Waals surface area (Å²) in [5, 5.41) is 0. The quantitative estimate of drug-likeness (QED) is 0.866. The van der Waals surface area contributed by atoms with Crippen LogP contribution in [0.4, 0.5) is 5.69 Å². The summed E-state index contributed by atoms with van der Waals surface area (Å²) in [6, 6.07) is 0. The van der Waals surface area contributed by atoms with E-state index in [0.717, 1.165) is 48.7 Å². The fraction of sp³-hybridized carbons (Fsp3) is 0.615. The third kappa shape index (κ3) is 2.96. The summed E-state index contributed by atoms with van der Waals surface area (Å²) in [6.07, 6.45) is 2.90. The van der Waals surface area contributed by atoms with E-state index in [4.69, 9.17) is 15.2 Å². The van der Waals surface area contributed by atoms with Crippen molar-refractivity contribution in [3.8, 4) is 0 Å². The van der Waals surface area contributed by atoms with Crippen molar-refractivity contribution in [2.75, 3.05) is 25.6 Å². The van der Waals surface area contributed by atoms with Gasteiger partial charge in [-0.3, -0.25) is 4.98 Å². The van der Waals surface area contributed by atoms with Crippen molar-refractivity contribution in [3.05, 3.63) is 23.0 Å². The Balaban J connectivity index is 1.88. The van der Waals surface area contributed by atoms with Crippen molar-refractivity contribution in [3.63, 3.8) is 0 Å². The van der Waals surface area contributed by atoms with Crippen LogP contribution in [0.3, 0.4) is 0 Å². The molecule has 1 fully saturated rings. The minimum atomic E-state index is 0.535. The number of aromatic nitrogens is 1. The van der Waals surface area contributed by atoms with Crippen molar-refractivity contribution < 1.29 is 9.47 Å². The van der Waals surface area contributed by atoms with Crippen LogP contribution in [0.5, 0.6) is 0 Å². The van der Waals surface area contributed by atoms with Crippen LogP contribution in [0.2, 0.25) is 0 Å². The molecule has 17 heavy (non-hydrogen) atoms. The van der Waals surface area contributed by atoms with Crippen molar-refractivity contribution in [1.29, 1.82) is 0 Å². The van der Waals surface area contributed by atoms with Crippen LogP contribution in [0.25, 0.3) is 0 Å². The monoisotopic (exact) mass is 236 g/mol. The zero-order chi connectivity index (χ0) is 12.3. The normalized spacial score (nSPS) is 19.8. The van der Waals surface area contributed by atoms with Crippen LogP contribution in [0.15, 0.2) is 6.20 Å². The number of hydrogen-bond donors (Lipinski definition) is 1. The molecule has 94 valence electrons. The van der Waals surface area contributed by atoms with E-state index >= 15 is 0 Å². The first-order valence-corrected chi connectivity index (χ1v) is 6.04. The van der Waals surface area contributed by atoms with E-state index < -0.39 is 0 Å². The highest BCUT2D eigenvalue weighted by molar-refractivity contribution is 5.53. The Labute approximate surface area is 102 Å². The highest BCUT2D eigenvalue weighted by Gasteiger charge is 2.16. The molecule has 0 aromatic carbocycles. The Morgan fingerprint density at radius 2 is 2.35 bits per heavy atom. The molecule has 2 rings (SSSR count). The fourth-order valence-electron chi connectivity index (χ4n) is 1.97. The lowest BCUT2D eigenvalue weighted by molar-refractivity contribution is 0.0770. The molecule has 1 saturated heterocycles. The minimum Gasteiger partial charge on any atom is -0.398 e. The van der Waals surface area contributed by atoms with Crippen LogP contribution in [0, 0.1) is 19.8 Å². The van der Waals surface area contributed by atoms with Gasteiger partial charge in [-0.15, -0.1) is 0 Å². The number of nitrogen functional groups attached to an aromatic ring is 1. The van der Waals surface area contributed by atoms with Gasteiger partial charge in [0.25, 0.3) is 0 Å². The first-order chi connectivity index (χ1) is 8.18. The summed E-state index contributed by atoms with van der Waals surface area (Å²) >= 11 is 0. The Morgan fingerprint density at radius 3 is 3.06 bits per heavy atom. The first-order valence-electron chi connectivity index (χ1n) is 6.04. The van der Waals surface area contributed by atoms with Crippen LogP contribution in [-0.4, -0.2) is 24.8 Å². The molecule has 4 nitrogen and oxygen atoms in total. The Morgan fingerprint density at radius 1 is 1.53 bits per heavy atom. The van der Waals surface area contributed by atoms with Gasteiger partial charge in [-0.05, 0) is 31.4 Å². The zero-order valence-electron chi connectivity index (χ0n) is 10.5. The summed E-state index contributed by atoms with van der Waals surface area (Å²) in [5.41, 5.74) is 9.78. The molecule has 1 aliphatic heterocycles. The van der Waals surface area contributed by atoms with Gasteiger partial charge >= 0.3 is 0 Å². The fourth-order valence-corrected chi connectivity index (χ4v) is 1.97. The van der Waals surface area contributed by atoms with Gasteiger partial charge in [0.05, 0.1) is 25.5 Å². The van der Waals surface area contributed by atoms with Gasteiger partial charge in [-0.1, -0.05) is 0 Å². The van der Waals surface area contributed by atoms with E-state index in [1.54, 1.807) is 6.20 Å². The molecule has 0 aliphatic carbocycles. The van der Waals surface area contributed by atoms with E-state index in [1.807, 2.05) is 13.8 Å². The molecule has 1 aromatic rings. The maximum Gasteiger partial charge on any atom is 0.0891 e. The minimum absolute atomic E-state index is 0.535. The molecule has 1 aliphatic rings.